The van der Waals surface area contributed by atoms with Crippen molar-refractivity contribution in [2.24, 2.45) is 0 Å². The predicted octanol–water partition coefficient (Wildman–Crippen LogP) is 4.00. The van der Waals surface area contributed by atoms with E-state index in [4.69, 9.17) is 4.98 Å². The van der Waals surface area contributed by atoms with Crippen molar-refractivity contribution in [2.75, 3.05) is 43.4 Å². The number of rotatable bonds is 4. The van der Waals surface area contributed by atoms with Crippen LogP contribution in [0.3, 0.4) is 0 Å². The van der Waals surface area contributed by atoms with Gasteiger partial charge in [0.1, 0.15) is 5.65 Å². The van der Waals surface area contributed by atoms with E-state index < -0.39 is 0 Å². The minimum Gasteiger partial charge on any atom is -0.367 e. The van der Waals surface area contributed by atoms with Crippen LogP contribution in [0.4, 0.5) is 11.4 Å². The highest BCUT2D eigenvalue weighted by atomic mass is 32.1. The second-order valence-corrected chi connectivity index (χ2v) is 8.95. The average molecular weight is 459 g/mol. The molecular weight excluding hydrogens is 432 g/mol. The summed E-state index contributed by atoms with van der Waals surface area (Å²) < 4.78 is 2.02. The van der Waals surface area contributed by atoms with E-state index in [0.29, 0.717) is 11.4 Å². The summed E-state index contributed by atoms with van der Waals surface area (Å²) in [5, 5.41) is 2.99. The van der Waals surface area contributed by atoms with Gasteiger partial charge in [-0.25, -0.2) is 9.97 Å². The molecule has 4 aromatic rings. The third-order valence-electron chi connectivity index (χ3n) is 6.03. The highest BCUT2D eigenvalue weighted by Gasteiger charge is 2.22. The lowest BCUT2D eigenvalue weighted by Gasteiger charge is -2.34. The molecule has 1 saturated heterocycles. The second kappa shape index (κ2) is 8.88. The predicted molar refractivity (Wildman–Crippen MR) is 135 cm³/mol. The van der Waals surface area contributed by atoms with Crippen LogP contribution in [0.1, 0.15) is 16.1 Å². The maximum absolute atomic E-state index is 13.1. The minimum absolute atomic E-state index is 0.228. The van der Waals surface area contributed by atoms with Crippen LogP contribution in [-0.4, -0.2) is 58.4 Å². The first-order chi connectivity index (χ1) is 16.0. The Kier molecular flexibility index (Phi) is 5.78. The van der Waals surface area contributed by atoms with Crippen LogP contribution in [0.2, 0.25) is 0 Å². The van der Waals surface area contributed by atoms with Crippen molar-refractivity contribution in [1.82, 2.24) is 19.3 Å². The second-order valence-electron chi connectivity index (χ2n) is 8.43. The van der Waals surface area contributed by atoms with E-state index in [1.54, 1.807) is 6.20 Å². The van der Waals surface area contributed by atoms with Crippen molar-refractivity contribution in [1.29, 1.82) is 0 Å². The summed E-state index contributed by atoms with van der Waals surface area (Å²) in [6.07, 6.45) is 5.63. The van der Waals surface area contributed by atoms with Gasteiger partial charge in [0.15, 0.2) is 5.69 Å². The molecule has 4 heterocycles. The number of likely N-dealkylation sites (N-methyl/N-ethyl adjacent to an activating group) is 1. The quantitative estimate of drug-likeness (QED) is 0.453. The molecule has 1 fully saturated rings. The van der Waals surface area contributed by atoms with Crippen LogP contribution in [-0.2, 0) is 0 Å². The number of nitrogens with zero attached hydrogens (tertiary/aromatic N) is 5. The number of benzene rings is 1. The van der Waals surface area contributed by atoms with Crippen molar-refractivity contribution in [2.45, 2.75) is 11.8 Å². The number of fused-ring (bicyclic) bond motifs is 1. The number of nitrogens with one attached hydrogen (secondary N) is 1. The van der Waals surface area contributed by atoms with Gasteiger partial charge in [-0.1, -0.05) is 18.2 Å². The van der Waals surface area contributed by atoms with E-state index in [9.17, 15) is 4.79 Å². The topological polar surface area (TPSA) is 65.8 Å². The Balaban J connectivity index is 1.35. The molecule has 1 aliphatic heterocycles. The zero-order valence-corrected chi connectivity index (χ0v) is 19.6. The van der Waals surface area contributed by atoms with Gasteiger partial charge in [0.25, 0.3) is 5.91 Å². The number of pyridine rings is 2. The zero-order valence-electron chi connectivity index (χ0n) is 18.7. The number of hydrogen-bond acceptors (Lipinski definition) is 6. The molecule has 0 saturated carbocycles. The Morgan fingerprint density at radius 1 is 1.09 bits per heavy atom. The number of carbonyl (C=O) groups is 1. The number of imidazole rings is 1. The Hall–Kier alpha value is -3.36. The molecule has 3 aromatic heterocycles. The lowest BCUT2D eigenvalue weighted by molar-refractivity contribution is 0.102. The maximum atomic E-state index is 13.1. The van der Waals surface area contributed by atoms with Crippen LogP contribution < -0.4 is 10.2 Å². The largest absolute Gasteiger partial charge is 0.367 e. The lowest BCUT2D eigenvalue weighted by Crippen LogP contribution is -2.45. The molecule has 5 rings (SSSR count). The molecule has 168 valence electrons. The lowest BCUT2D eigenvalue weighted by atomic mass is 10.1. The molecule has 1 aliphatic rings. The number of aryl methyl sites for hydroxylation is 1. The van der Waals surface area contributed by atoms with Crippen LogP contribution >= 0.6 is 12.6 Å². The number of carbonyl (C=O) groups excluding carboxylic acids is 1. The molecule has 7 nitrogen and oxygen atoms in total. The van der Waals surface area contributed by atoms with Gasteiger partial charge in [0.05, 0.1) is 11.4 Å². The fourth-order valence-electron chi connectivity index (χ4n) is 4.11. The molecule has 0 radical (unpaired) electrons. The van der Waals surface area contributed by atoms with E-state index in [1.165, 1.54) is 0 Å². The maximum Gasteiger partial charge on any atom is 0.276 e. The number of aromatic nitrogens is 3. The molecule has 0 atom stereocenters. The van der Waals surface area contributed by atoms with E-state index in [0.717, 1.165) is 59.2 Å². The summed E-state index contributed by atoms with van der Waals surface area (Å²) in [6, 6.07) is 13.7. The third-order valence-corrected chi connectivity index (χ3v) is 6.27. The van der Waals surface area contributed by atoms with Crippen molar-refractivity contribution in [3.63, 3.8) is 0 Å². The van der Waals surface area contributed by atoms with E-state index in [-0.39, 0.29) is 5.91 Å². The first-order valence-electron chi connectivity index (χ1n) is 11.0. The molecular formula is C25H26N6OS. The normalized spacial score (nSPS) is 14.6. The van der Waals surface area contributed by atoms with Crippen LogP contribution in [0, 0.1) is 6.92 Å². The van der Waals surface area contributed by atoms with Crippen molar-refractivity contribution in [3.05, 3.63) is 72.3 Å². The minimum atomic E-state index is -0.228. The standard InChI is InChI=1S/C25H26N6OS/c1-17-4-3-9-31-16-21(28-24(17)31)18-5-7-19(8-6-18)27-25(32)23-22(14-20(33)15-26-23)30-12-10-29(2)11-13-30/h3-9,14-16,33H,10-13H2,1-2H3,(H,27,32). The monoisotopic (exact) mass is 458 g/mol. The smallest absolute Gasteiger partial charge is 0.276 e. The number of anilines is 2. The molecule has 8 heteroatoms. The SMILES string of the molecule is Cc1cccn2cc(-c3ccc(NC(=O)c4ncc(S)cc4N4CCN(C)CC4)cc3)nc12. The van der Waals surface area contributed by atoms with Gasteiger partial charge in [0, 0.05) is 60.9 Å². The van der Waals surface area contributed by atoms with Gasteiger partial charge in [0.2, 0.25) is 0 Å². The van der Waals surface area contributed by atoms with Gasteiger partial charge in [-0.2, -0.15) is 0 Å². The highest BCUT2D eigenvalue weighted by Crippen LogP contribution is 2.26. The fourth-order valence-corrected chi connectivity index (χ4v) is 4.29. The Morgan fingerprint density at radius 3 is 2.58 bits per heavy atom. The zero-order chi connectivity index (χ0) is 22.9. The number of thiol groups is 1. The Labute approximate surface area is 198 Å². The summed E-state index contributed by atoms with van der Waals surface area (Å²) in [6.45, 7) is 5.64. The number of hydrogen-bond donors (Lipinski definition) is 2. The summed E-state index contributed by atoms with van der Waals surface area (Å²) in [7, 11) is 2.11. The summed E-state index contributed by atoms with van der Waals surface area (Å²) in [5.74, 6) is -0.228. The molecule has 1 amide bonds. The van der Waals surface area contributed by atoms with Gasteiger partial charge in [-0.3, -0.25) is 4.79 Å². The highest BCUT2D eigenvalue weighted by molar-refractivity contribution is 7.80. The van der Waals surface area contributed by atoms with Gasteiger partial charge < -0.3 is 19.5 Å². The Morgan fingerprint density at radius 2 is 1.85 bits per heavy atom. The molecule has 1 N–H and O–H groups in total. The van der Waals surface area contributed by atoms with Gasteiger partial charge in [-0.15, -0.1) is 12.6 Å². The first-order valence-corrected chi connectivity index (χ1v) is 11.4. The van der Waals surface area contributed by atoms with E-state index in [2.05, 4.69) is 52.8 Å². The molecule has 0 unspecified atom stereocenters. The van der Waals surface area contributed by atoms with Gasteiger partial charge in [-0.05, 0) is 43.8 Å². The van der Waals surface area contributed by atoms with Crippen molar-refractivity contribution >= 4 is 35.6 Å². The average Bonchev–Trinajstić information content (AvgIpc) is 3.26. The van der Waals surface area contributed by atoms with E-state index >= 15 is 0 Å². The van der Waals surface area contributed by atoms with Crippen molar-refractivity contribution in [3.8, 4) is 11.3 Å². The molecule has 0 bridgehead atoms. The van der Waals surface area contributed by atoms with Crippen molar-refractivity contribution < 1.29 is 4.79 Å². The van der Waals surface area contributed by atoms with Crippen LogP contribution in [0.15, 0.2) is 66.0 Å². The van der Waals surface area contributed by atoms with Crippen LogP contribution in [0.5, 0.6) is 0 Å². The summed E-state index contributed by atoms with van der Waals surface area (Å²) in [5.41, 5.74) is 5.91. The van der Waals surface area contributed by atoms with E-state index in [1.807, 2.05) is 53.2 Å². The number of amides is 1. The summed E-state index contributed by atoms with van der Waals surface area (Å²) in [4.78, 5) is 27.5. The molecule has 33 heavy (non-hydrogen) atoms. The molecule has 1 aromatic carbocycles. The number of piperazine rings is 1. The van der Waals surface area contributed by atoms with Gasteiger partial charge >= 0.3 is 0 Å². The fraction of sp³-hybridized carbons (Fsp3) is 0.240. The third kappa shape index (κ3) is 4.44. The summed E-state index contributed by atoms with van der Waals surface area (Å²) >= 11 is 4.44. The Bertz CT molecular complexity index is 1310. The molecule has 0 aliphatic carbocycles. The molecule has 0 spiro atoms. The first kappa shape index (κ1) is 21.5. The van der Waals surface area contributed by atoms with Crippen LogP contribution in [0.25, 0.3) is 16.9 Å².